The van der Waals surface area contributed by atoms with Crippen LogP contribution in [0, 0.1) is 0 Å². The number of carbonyl (C=O) groups excluding carboxylic acids is 1. The molecule has 30 heavy (non-hydrogen) atoms. The summed E-state index contributed by atoms with van der Waals surface area (Å²) in [5, 5.41) is 3.63. The zero-order valence-corrected chi connectivity index (χ0v) is 16.2. The third-order valence-electron chi connectivity index (χ3n) is 4.53. The average Bonchev–Trinajstić information content (AvgIpc) is 2.77. The fraction of sp³-hybridized carbons (Fsp3) is 0.0833. The van der Waals surface area contributed by atoms with E-state index in [1.165, 1.54) is 6.07 Å². The van der Waals surface area contributed by atoms with Gasteiger partial charge in [-0.2, -0.15) is 0 Å². The number of ether oxygens (including phenoxy) is 2. The highest BCUT2D eigenvalue weighted by molar-refractivity contribution is 5.95. The number of amides is 1. The van der Waals surface area contributed by atoms with E-state index in [4.69, 9.17) is 13.9 Å². The van der Waals surface area contributed by atoms with Crippen LogP contribution in [-0.4, -0.2) is 13.0 Å². The lowest BCUT2D eigenvalue weighted by Gasteiger charge is -2.19. The number of carbonyl (C=O) groups is 1. The first kappa shape index (κ1) is 19.3. The standard InChI is InChI=1S/C24H19NO5/c1-28-19-9-5-8-18(14-19)25-24(27)23(17-6-3-2-4-7-17)29-20-12-10-16-11-13-22(26)30-21(16)15-20/h2-15,23H,1H3,(H,25,27)/t23-/m1/s1. The van der Waals surface area contributed by atoms with Crippen molar-refractivity contribution in [2.45, 2.75) is 6.10 Å². The van der Waals surface area contributed by atoms with Crippen molar-refractivity contribution in [1.82, 2.24) is 0 Å². The quantitative estimate of drug-likeness (QED) is 0.479. The van der Waals surface area contributed by atoms with Gasteiger partial charge in [0.1, 0.15) is 17.1 Å². The zero-order valence-electron chi connectivity index (χ0n) is 16.2. The number of rotatable bonds is 6. The first-order valence-corrected chi connectivity index (χ1v) is 9.33. The van der Waals surface area contributed by atoms with Gasteiger partial charge in [-0.3, -0.25) is 4.79 Å². The number of methoxy groups -OCH3 is 1. The number of benzene rings is 3. The molecule has 6 heteroatoms. The maximum atomic E-state index is 13.1. The van der Waals surface area contributed by atoms with E-state index in [1.807, 2.05) is 30.3 Å². The van der Waals surface area contributed by atoms with Crippen molar-refractivity contribution in [3.8, 4) is 11.5 Å². The molecule has 3 aromatic carbocycles. The Morgan fingerprint density at radius 2 is 1.70 bits per heavy atom. The van der Waals surface area contributed by atoms with Crippen molar-refractivity contribution >= 4 is 22.6 Å². The van der Waals surface area contributed by atoms with E-state index >= 15 is 0 Å². The summed E-state index contributed by atoms with van der Waals surface area (Å²) in [6.45, 7) is 0. The van der Waals surface area contributed by atoms with Crippen LogP contribution < -0.4 is 20.4 Å². The summed E-state index contributed by atoms with van der Waals surface area (Å²) in [4.78, 5) is 24.6. The molecular weight excluding hydrogens is 382 g/mol. The van der Waals surface area contributed by atoms with Crippen molar-refractivity contribution in [1.29, 1.82) is 0 Å². The van der Waals surface area contributed by atoms with Crippen LogP contribution in [0.25, 0.3) is 11.0 Å². The molecule has 4 aromatic rings. The van der Waals surface area contributed by atoms with Crippen molar-refractivity contribution in [3.05, 3.63) is 101 Å². The molecule has 0 unspecified atom stereocenters. The topological polar surface area (TPSA) is 77.8 Å². The Morgan fingerprint density at radius 1 is 0.900 bits per heavy atom. The summed E-state index contributed by atoms with van der Waals surface area (Å²) in [6, 6.07) is 24.4. The van der Waals surface area contributed by atoms with Gasteiger partial charge < -0.3 is 19.2 Å². The molecule has 6 nitrogen and oxygen atoms in total. The summed E-state index contributed by atoms with van der Waals surface area (Å²) < 4.78 is 16.5. The maximum absolute atomic E-state index is 13.1. The molecule has 0 fully saturated rings. The molecule has 0 bridgehead atoms. The molecule has 1 amide bonds. The minimum atomic E-state index is -0.912. The minimum Gasteiger partial charge on any atom is -0.497 e. The van der Waals surface area contributed by atoms with E-state index in [1.54, 1.807) is 55.6 Å². The molecule has 0 saturated heterocycles. The van der Waals surface area contributed by atoms with Crippen LogP contribution in [0.15, 0.2) is 94.1 Å². The van der Waals surface area contributed by atoms with Crippen molar-refractivity contribution in [3.63, 3.8) is 0 Å². The molecule has 150 valence electrons. The monoisotopic (exact) mass is 401 g/mol. The Hall–Kier alpha value is -4.06. The molecular formula is C24H19NO5. The van der Waals surface area contributed by atoms with Crippen molar-refractivity contribution in [2.75, 3.05) is 12.4 Å². The van der Waals surface area contributed by atoms with Crippen molar-refractivity contribution < 1.29 is 18.7 Å². The number of fused-ring (bicyclic) bond motifs is 1. The number of anilines is 1. The van der Waals surface area contributed by atoms with Crippen LogP contribution in [-0.2, 0) is 4.79 Å². The largest absolute Gasteiger partial charge is 0.497 e. The summed E-state index contributed by atoms with van der Waals surface area (Å²) in [7, 11) is 1.56. The molecule has 0 radical (unpaired) electrons. The number of nitrogens with one attached hydrogen (secondary N) is 1. The van der Waals surface area contributed by atoms with Gasteiger partial charge in [0, 0.05) is 34.8 Å². The smallest absolute Gasteiger partial charge is 0.336 e. The Morgan fingerprint density at radius 3 is 2.50 bits per heavy atom. The van der Waals surface area contributed by atoms with Crippen LogP contribution in [0.5, 0.6) is 11.5 Å². The molecule has 0 aliphatic heterocycles. The summed E-state index contributed by atoms with van der Waals surface area (Å²) in [6.07, 6.45) is -0.912. The van der Waals surface area contributed by atoms with E-state index in [9.17, 15) is 9.59 Å². The van der Waals surface area contributed by atoms with E-state index in [-0.39, 0.29) is 5.91 Å². The second-order valence-electron chi connectivity index (χ2n) is 6.58. The third-order valence-corrected chi connectivity index (χ3v) is 4.53. The first-order valence-electron chi connectivity index (χ1n) is 9.33. The SMILES string of the molecule is COc1cccc(NC(=O)[C@H](Oc2ccc3ccc(=O)oc3c2)c2ccccc2)c1. The highest BCUT2D eigenvalue weighted by atomic mass is 16.5. The van der Waals surface area contributed by atoms with Gasteiger partial charge in [-0.25, -0.2) is 4.79 Å². The van der Waals surface area contributed by atoms with Crippen LogP contribution in [0.2, 0.25) is 0 Å². The van der Waals surface area contributed by atoms with Gasteiger partial charge >= 0.3 is 5.63 Å². The molecule has 0 spiro atoms. The van der Waals surface area contributed by atoms with E-state index in [0.717, 1.165) is 5.39 Å². The second kappa shape index (κ2) is 8.53. The summed E-state index contributed by atoms with van der Waals surface area (Å²) >= 11 is 0. The lowest BCUT2D eigenvalue weighted by Crippen LogP contribution is -2.25. The third kappa shape index (κ3) is 4.33. The molecule has 1 heterocycles. The number of hydrogen-bond donors (Lipinski definition) is 1. The highest BCUT2D eigenvalue weighted by Gasteiger charge is 2.23. The molecule has 1 aromatic heterocycles. The van der Waals surface area contributed by atoms with Crippen LogP contribution in [0.1, 0.15) is 11.7 Å². The molecule has 0 aliphatic carbocycles. The fourth-order valence-electron chi connectivity index (χ4n) is 3.06. The van der Waals surface area contributed by atoms with Gasteiger partial charge in [0.15, 0.2) is 0 Å². The van der Waals surface area contributed by atoms with E-state index in [2.05, 4.69) is 5.32 Å². The van der Waals surface area contributed by atoms with Crippen LogP contribution >= 0.6 is 0 Å². The van der Waals surface area contributed by atoms with Gasteiger partial charge in [-0.1, -0.05) is 36.4 Å². The van der Waals surface area contributed by atoms with Gasteiger partial charge in [-0.15, -0.1) is 0 Å². The lowest BCUT2D eigenvalue weighted by molar-refractivity contribution is -0.123. The van der Waals surface area contributed by atoms with Gasteiger partial charge in [0.25, 0.3) is 5.91 Å². The summed E-state index contributed by atoms with van der Waals surface area (Å²) in [5.74, 6) is 0.699. The average molecular weight is 401 g/mol. The normalized spacial score (nSPS) is 11.6. The lowest BCUT2D eigenvalue weighted by atomic mass is 10.1. The minimum absolute atomic E-state index is 0.343. The predicted octanol–water partition coefficient (Wildman–Crippen LogP) is 4.56. The number of hydrogen-bond acceptors (Lipinski definition) is 5. The molecule has 0 aliphatic rings. The van der Waals surface area contributed by atoms with E-state index < -0.39 is 11.7 Å². The molecule has 0 saturated carbocycles. The second-order valence-corrected chi connectivity index (χ2v) is 6.58. The Kier molecular flexibility index (Phi) is 5.48. The fourth-order valence-corrected chi connectivity index (χ4v) is 3.06. The molecule has 1 atom stereocenters. The summed E-state index contributed by atoms with van der Waals surface area (Å²) in [5.41, 5.74) is 1.22. The Bertz CT molecular complexity index is 1230. The van der Waals surface area contributed by atoms with Gasteiger partial charge in [0.2, 0.25) is 6.10 Å². The van der Waals surface area contributed by atoms with Crippen LogP contribution in [0.3, 0.4) is 0 Å². The maximum Gasteiger partial charge on any atom is 0.336 e. The predicted molar refractivity (Wildman–Crippen MR) is 114 cm³/mol. The zero-order chi connectivity index (χ0) is 20.9. The molecule has 4 rings (SSSR count). The Labute approximate surface area is 172 Å². The first-order chi connectivity index (χ1) is 14.6. The Balaban J connectivity index is 1.64. The van der Waals surface area contributed by atoms with Gasteiger partial charge in [0.05, 0.1) is 7.11 Å². The molecule has 1 N–H and O–H groups in total. The highest BCUT2D eigenvalue weighted by Crippen LogP contribution is 2.27. The van der Waals surface area contributed by atoms with Crippen molar-refractivity contribution in [2.24, 2.45) is 0 Å². The van der Waals surface area contributed by atoms with E-state index in [0.29, 0.717) is 28.3 Å². The van der Waals surface area contributed by atoms with Crippen LogP contribution in [0.4, 0.5) is 5.69 Å². The van der Waals surface area contributed by atoms with Gasteiger partial charge in [-0.05, 0) is 30.3 Å².